The van der Waals surface area contributed by atoms with E-state index in [-0.39, 0.29) is 24.5 Å². The van der Waals surface area contributed by atoms with Crippen LogP contribution in [0.25, 0.3) is 22.2 Å². The van der Waals surface area contributed by atoms with Crippen molar-refractivity contribution in [2.24, 2.45) is 0 Å². The second-order valence-corrected chi connectivity index (χ2v) is 10.6. The van der Waals surface area contributed by atoms with Gasteiger partial charge in [-0.1, -0.05) is 12.1 Å². The molecular weight excluding hydrogens is 542 g/mol. The van der Waals surface area contributed by atoms with E-state index >= 15 is 0 Å². The molecule has 2 aromatic carbocycles. The number of hydrogen-bond donors (Lipinski definition) is 1. The first-order valence-electron chi connectivity index (χ1n) is 11.6. The van der Waals surface area contributed by atoms with Crippen LogP contribution in [0, 0.1) is 5.82 Å². The molecule has 1 aliphatic heterocycles. The molecule has 39 heavy (non-hydrogen) atoms. The van der Waals surface area contributed by atoms with Crippen LogP contribution in [-0.4, -0.2) is 43.0 Å². The molecule has 1 atom stereocenters. The molecule has 8 nitrogen and oxygen atoms in total. The van der Waals surface area contributed by atoms with Crippen molar-refractivity contribution in [3.63, 3.8) is 0 Å². The van der Waals surface area contributed by atoms with E-state index in [2.05, 4.69) is 20.0 Å². The van der Waals surface area contributed by atoms with Crippen LogP contribution in [-0.2, 0) is 16.4 Å². The van der Waals surface area contributed by atoms with Crippen LogP contribution in [0.2, 0.25) is 0 Å². The van der Waals surface area contributed by atoms with Crippen LogP contribution in [0.15, 0.2) is 65.7 Å². The van der Waals surface area contributed by atoms with Gasteiger partial charge in [0, 0.05) is 29.1 Å². The molecule has 0 fully saturated rings. The number of ether oxygens (including phenoxy) is 2. The zero-order valence-corrected chi connectivity index (χ0v) is 20.7. The van der Waals surface area contributed by atoms with E-state index in [9.17, 15) is 30.8 Å². The van der Waals surface area contributed by atoms with Gasteiger partial charge in [0.25, 0.3) is 5.91 Å². The lowest BCUT2D eigenvalue weighted by Crippen LogP contribution is -2.24. The van der Waals surface area contributed by atoms with E-state index in [0.29, 0.717) is 27.9 Å². The van der Waals surface area contributed by atoms with Crippen LogP contribution in [0.5, 0.6) is 11.5 Å². The van der Waals surface area contributed by atoms with Gasteiger partial charge in [-0.3, -0.25) is 9.78 Å². The molecule has 0 aliphatic carbocycles. The maximum atomic E-state index is 14.6. The zero-order chi connectivity index (χ0) is 27.7. The Morgan fingerprint density at radius 3 is 2.77 bits per heavy atom. The predicted octanol–water partition coefficient (Wildman–Crippen LogP) is 4.82. The van der Waals surface area contributed by atoms with Crippen LogP contribution >= 0.6 is 0 Å². The van der Waals surface area contributed by atoms with E-state index in [1.165, 1.54) is 18.3 Å². The number of aromatic nitrogens is 2. The lowest BCUT2D eigenvalue weighted by atomic mass is 10.1. The summed E-state index contributed by atoms with van der Waals surface area (Å²) in [5.74, 6) is -2.54. The van der Waals surface area contributed by atoms with Gasteiger partial charge >= 0.3 is 6.61 Å². The number of rotatable bonds is 6. The normalized spacial score (nSPS) is 16.3. The van der Waals surface area contributed by atoms with Gasteiger partial charge in [-0.15, -0.1) is 0 Å². The van der Waals surface area contributed by atoms with Gasteiger partial charge in [-0.2, -0.15) is 8.78 Å². The highest BCUT2D eigenvalue weighted by Gasteiger charge is 2.35. The highest BCUT2D eigenvalue weighted by Crippen LogP contribution is 2.35. The van der Waals surface area contributed by atoms with Crippen molar-refractivity contribution in [3.8, 4) is 22.8 Å². The summed E-state index contributed by atoms with van der Waals surface area (Å²) in [5, 5.41) is 3.20. The SMILES string of the molecule is O=C(NCc1cc2nc(-c3cccc(OC(F)F)c3)ccc2cn1)c1cc(F)c2c(c1)S(=O)(=O)[C@@H](F)CCO2. The molecular formula is C26H19F4N3O5S. The maximum Gasteiger partial charge on any atom is 0.387 e. The number of pyridine rings is 2. The summed E-state index contributed by atoms with van der Waals surface area (Å²) in [7, 11) is -4.54. The topological polar surface area (TPSA) is 107 Å². The number of halogens is 4. The Morgan fingerprint density at radius 1 is 1.15 bits per heavy atom. The molecule has 0 radical (unpaired) electrons. The maximum absolute atomic E-state index is 14.6. The quantitative estimate of drug-likeness (QED) is 0.337. The molecule has 0 saturated carbocycles. The third-order valence-corrected chi connectivity index (χ3v) is 7.75. The molecule has 2 aromatic heterocycles. The summed E-state index contributed by atoms with van der Waals surface area (Å²) in [4.78, 5) is 20.8. The Labute approximate surface area is 219 Å². The number of benzene rings is 2. The summed E-state index contributed by atoms with van der Waals surface area (Å²) in [6.45, 7) is -3.41. The molecule has 1 aliphatic rings. The minimum absolute atomic E-state index is 0.0156. The van der Waals surface area contributed by atoms with Crippen molar-refractivity contribution in [1.82, 2.24) is 15.3 Å². The first kappa shape index (κ1) is 26.4. The molecule has 0 unspecified atom stereocenters. The average Bonchev–Trinajstić information content (AvgIpc) is 3.02. The van der Waals surface area contributed by atoms with Crippen LogP contribution < -0.4 is 14.8 Å². The molecule has 0 spiro atoms. The van der Waals surface area contributed by atoms with E-state index in [0.717, 1.165) is 12.1 Å². The fourth-order valence-electron chi connectivity index (χ4n) is 4.02. The van der Waals surface area contributed by atoms with E-state index in [4.69, 9.17) is 4.74 Å². The first-order chi connectivity index (χ1) is 18.6. The van der Waals surface area contributed by atoms with Crippen molar-refractivity contribution >= 4 is 26.6 Å². The van der Waals surface area contributed by atoms with Gasteiger partial charge in [0.1, 0.15) is 10.6 Å². The van der Waals surface area contributed by atoms with Crippen molar-refractivity contribution in [2.75, 3.05) is 6.61 Å². The van der Waals surface area contributed by atoms with Crippen LogP contribution in [0.1, 0.15) is 22.5 Å². The van der Waals surface area contributed by atoms with Gasteiger partial charge < -0.3 is 14.8 Å². The highest BCUT2D eigenvalue weighted by atomic mass is 32.2. The van der Waals surface area contributed by atoms with Gasteiger partial charge in [0.05, 0.1) is 30.1 Å². The molecule has 0 saturated heterocycles. The van der Waals surface area contributed by atoms with Crippen LogP contribution in [0.3, 0.4) is 0 Å². The zero-order valence-electron chi connectivity index (χ0n) is 19.9. The Balaban J connectivity index is 1.36. The Morgan fingerprint density at radius 2 is 1.97 bits per heavy atom. The number of sulfone groups is 1. The predicted molar refractivity (Wildman–Crippen MR) is 131 cm³/mol. The number of carbonyl (C=O) groups excluding carboxylic acids is 1. The molecule has 4 aromatic rings. The minimum atomic E-state index is -4.54. The number of amides is 1. The molecule has 1 N–H and O–H groups in total. The number of carbonyl (C=O) groups is 1. The van der Waals surface area contributed by atoms with Gasteiger partial charge in [-0.25, -0.2) is 22.2 Å². The fraction of sp³-hybridized carbons (Fsp3) is 0.192. The van der Waals surface area contributed by atoms with Crippen molar-refractivity contribution < 1.29 is 40.2 Å². The van der Waals surface area contributed by atoms with Gasteiger partial charge in [0.15, 0.2) is 11.6 Å². The Bertz CT molecular complexity index is 1680. The van der Waals surface area contributed by atoms with Crippen molar-refractivity contribution in [1.29, 1.82) is 0 Å². The number of fused-ring (bicyclic) bond motifs is 2. The number of nitrogens with zero attached hydrogens (tertiary/aromatic N) is 2. The summed E-state index contributed by atoms with van der Waals surface area (Å²) >= 11 is 0. The molecule has 202 valence electrons. The second-order valence-electron chi connectivity index (χ2n) is 8.53. The molecule has 0 bridgehead atoms. The van der Waals surface area contributed by atoms with Crippen molar-refractivity contribution in [3.05, 3.63) is 77.9 Å². The highest BCUT2D eigenvalue weighted by molar-refractivity contribution is 7.92. The van der Waals surface area contributed by atoms with Crippen molar-refractivity contribution in [2.45, 2.75) is 30.0 Å². The Hall–Kier alpha value is -4.26. The van der Waals surface area contributed by atoms with Crippen LogP contribution in [0.4, 0.5) is 17.6 Å². The lowest BCUT2D eigenvalue weighted by molar-refractivity contribution is -0.0498. The summed E-state index contributed by atoms with van der Waals surface area (Å²) < 4.78 is 88.2. The average molecular weight is 562 g/mol. The van der Waals surface area contributed by atoms with E-state index in [1.54, 1.807) is 30.3 Å². The van der Waals surface area contributed by atoms with E-state index in [1.807, 2.05) is 0 Å². The summed E-state index contributed by atoms with van der Waals surface area (Å²) in [6, 6.07) is 12.8. The second kappa shape index (κ2) is 10.5. The van der Waals surface area contributed by atoms with Gasteiger partial charge in [0.2, 0.25) is 15.3 Å². The Kier molecular flexibility index (Phi) is 7.08. The largest absolute Gasteiger partial charge is 0.489 e. The first-order valence-corrected chi connectivity index (χ1v) is 13.1. The summed E-state index contributed by atoms with van der Waals surface area (Å²) in [5.41, 5.74) is -0.708. The monoisotopic (exact) mass is 561 g/mol. The third kappa shape index (κ3) is 5.48. The standard InChI is InChI=1S/C26H19F4N3O5S/c27-19-9-16(10-22-24(19)37-7-6-23(28)39(22,35)36)25(34)32-13-17-11-21-15(12-31-17)4-5-20(33-21)14-2-1-3-18(8-14)38-26(29)30/h1-5,8-12,23,26H,6-7,13H2,(H,32,34)/t23-/m1/s1. The fourth-order valence-corrected chi connectivity index (χ4v) is 5.41. The number of alkyl halides is 3. The molecule has 1 amide bonds. The smallest absolute Gasteiger partial charge is 0.387 e. The lowest BCUT2D eigenvalue weighted by Gasteiger charge is -2.12. The number of hydrogen-bond acceptors (Lipinski definition) is 7. The van der Waals surface area contributed by atoms with E-state index < -0.39 is 50.7 Å². The van der Waals surface area contributed by atoms with Gasteiger partial charge in [-0.05, 0) is 42.5 Å². The third-order valence-electron chi connectivity index (χ3n) is 5.92. The molecule has 3 heterocycles. The molecule has 13 heteroatoms. The number of nitrogens with one attached hydrogen (secondary N) is 1. The molecule has 5 rings (SSSR count). The summed E-state index contributed by atoms with van der Waals surface area (Å²) in [6.07, 6.45) is 1.06. The minimum Gasteiger partial charge on any atom is -0.489 e.